The van der Waals surface area contributed by atoms with Gasteiger partial charge in [-0.3, -0.25) is 4.57 Å². The van der Waals surface area contributed by atoms with Crippen molar-refractivity contribution >= 4 is 18.4 Å². The van der Waals surface area contributed by atoms with Crippen LogP contribution < -0.4 is 10.2 Å². The van der Waals surface area contributed by atoms with Crippen molar-refractivity contribution in [1.82, 2.24) is 0 Å². The average molecular weight is 444 g/mol. The Balaban J connectivity index is 2.02. The Hall–Kier alpha value is -1.61. The molecule has 1 saturated carbocycles. The zero-order valence-electron chi connectivity index (χ0n) is 19.8. The Morgan fingerprint density at radius 1 is 1.03 bits per heavy atom. The molecule has 0 bridgehead atoms. The van der Waals surface area contributed by atoms with E-state index in [9.17, 15) is 9.67 Å². The highest BCUT2D eigenvalue weighted by Crippen LogP contribution is 2.60. The van der Waals surface area contributed by atoms with Crippen molar-refractivity contribution in [1.29, 1.82) is 0 Å². The first-order valence-electron chi connectivity index (χ1n) is 11.4. The van der Waals surface area contributed by atoms with Crippen molar-refractivity contribution in [3.63, 3.8) is 0 Å². The maximum atomic E-state index is 14.5. The van der Waals surface area contributed by atoms with Crippen LogP contribution in [0, 0.1) is 24.7 Å². The third kappa shape index (κ3) is 5.42. The van der Waals surface area contributed by atoms with Gasteiger partial charge in [-0.15, -0.1) is 0 Å². The summed E-state index contributed by atoms with van der Waals surface area (Å²) in [5.41, 5.74) is 2.75. The van der Waals surface area contributed by atoms with Crippen LogP contribution in [0.25, 0.3) is 0 Å². The summed E-state index contributed by atoms with van der Waals surface area (Å²) >= 11 is 0. The number of aliphatic hydroxyl groups is 1. The van der Waals surface area contributed by atoms with Gasteiger partial charge >= 0.3 is 0 Å². The molecule has 0 aromatic heterocycles. The summed E-state index contributed by atoms with van der Waals surface area (Å²) in [6.07, 6.45) is 3.00. The van der Waals surface area contributed by atoms with Crippen molar-refractivity contribution < 1.29 is 14.2 Å². The summed E-state index contributed by atoms with van der Waals surface area (Å²) in [6.45, 7) is 8.66. The first-order chi connectivity index (χ1) is 14.6. The molecule has 0 radical (unpaired) electrons. The zero-order valence-corrected chi connectivity index (χ0v) is 20.7. The number of nitrogens with zero attached hydrogens (tertiary/aromatic N) is 1. The van der Waals surface area contributed by atoms with Crippen LogP contribution in [0.4, 0.5) is 5.69 Å². The van der Waals surface area contributed by atoms with Crippen LogP contribution in [0.2, 0.25) is 0 Å². The number of aliphatic hydroxyl groups excluding tert-OH is 1. The predicted molar refractivity (Wildman–Crippen MR) is 130 cm³/mol. The molecule has 0 heterocycles. The van der Waals surface area contributed by atoms with E-state index >= 15 is 0 Å². The lowest BCUT2D eigenvalue weighted by Crippen LogP contribution is -2.35. The van der Waals surface area contributed by atoms with Crippen LogP contribution in [0.3, 0.4) is 0 Å². The molecular weight excluding hydrogens is 405 g/mol. The number of aryl methyl sites for hydroxylation is 1. The van der Waals surface area contributed by atoms with Crippen LogP contribution in [0.5, 0.6) is 0 Å². The molecule has 1 aliphatic rings. The molecule has 4 nitrogen and oxygen atoms in total. The smallest absolute Gasteiger partial charge is 0.264 e. The Morgan fingerprint density at radius 3 is 2.19 bits per heavy atom. The third-order valence-corrected chi connectivity index (χ3v) is 9.22. The van der Waals surface area contributed by atoms with Crippen molar-refractivity contribution in [3.05, 3.63) is 59.7 Å². The number of benzene rings is 2. The normalized spacial score (nSPS) is 24.6. The highest BCUT2D eigenvalue weighted by molar-refractivity contribution is 7.67. The highest BCUT2D eigenvalue weighted by atomic mass is 31.2. The van der Waals surface area contributed by atoms with Crippen molar-refractivity contribution in [2.45, 2.75) is 58.9 Å². The minimum Gasteiger partial charge on any atom is -0.378 e. The number of anilines is 1. The van der Waals surface area contributed by atoms with Crippen molar-refractivity contribution in [2.75, 3.05) is 19.0 Å². The lowest BCUT2D eigenvalue weighted by molar-refractivity contribution is 0.0427. The molecule has 1 aliphatic carbocycles. The van der Waals surface area contributed by atoms with Gasteiger partial charge in [0, 0.05) is 25.1 Å². The summed E-state index contributed by atoms with van der Waals surface area (Å²) < 4.78 is 21.1. The Kier molecular flexibility index (Phi) is 7.68. The predicted octanol–water partition coefficient (Wildman–Crippen LogP) is 6.13. The van der Waals surface area contributed by atoms with E-state index in [0.29, 0.717) is 28.6 Å². The largest absolute Gasteiger partial charge is 0.378 e. The fourth-order valence-corrected chi connectivity index (χ4v) is 6.88. The first kappa shape index (κ1) is 24.0. The van der Waals surface area contributed by atoms with Crippen LogP contribution in [0.1, 0.15) is 57.0 Å². The summed E-state index contributed by atoms with van der Waals surface area (Å²) in [4.78, 5) is 2.00. The van der Waals surface area contributed by atoms with E-state index in [-0.39, 0.29) is 6.10 Å². The molecule has 3 rings (SSSR count). The molecule has 0 saturated heterocycles. The third-order valence-electron chi connectivity index (χ3n) is 6.68. The van der Waals surface area contributed by atoms with E-state index in [1.165, 1.54) is 6.42 Å². The summed E-state index contributed by atoms with van der Waals surface area (Å²) in [5.74, 6) is 0.124. The van der Waals surface area contributed by atoms with Crippen LogP contribution >= 0.6 is 7.37 Å². The van der Waals surface area contributed by atoms with Gasteiger partial charge in [-0.25, -0.2) is 0 Å². The van der Waals surface area contributed by atoms with E-state index in [0.717, 1.165) is 24.1 Å². The van der Waals surface area contributed by atoms with Crippen LogP contribution in [-0.2, 0) is 9.09 Å². The van der Waals surface area contributed by atoms with E-state index in [1.807, 2.05) is 74.4 Å². The standard InChI is InChI=1S/C26H38NO3P/c1-18(2)24-16-9-20(4)17-25(24)30-31(29,23-14-12-22(13-15-23)27(5)6)26(28)21-10-7-19(3)8-11-21/h7-8,10-15,18,20,24-26,28H,9,16-17H2,1-6H3/t20-,24-,25-,26-,31-/m1/s1. The van der Waals surface area contributed by atoms with E-state index in [2.05, 4.69) is 20.8 Å². The van der Waals surface area contributed by atoms with Crippen LogP contribution in [-0.4, -0.2) is 25.3 Å². The molecule has 0 amide bonds. The number of hydrogen-bond acceptors (Lipinski definition) is 4. The molecule has 0 unspecified atom stereocenters. The van der Waals surface area contributed by atoms with Gasteiger partial charge in [-0.1, -0.05) is 57.0 Å². The first-order valence-corrected chi connectivity index (χ1v) is 13.1. The maximum Gasteiger partial charge on any atom is 0.264 e. The second-order valence-corrected chi connectivity index (χ2v) is 12.2. The SMILES string of the molecule is Cc1ccc([C@H](O)[P@](=O)(O[C@@H]2C[C@H](C)CC[C@@H]2C(C)C)c2ccc(N(C)C)cc2)cc1. The van der Waals surface area contributed by atoms with Gasteiger partial charge in [0.2, 0.25) is 0 Å². The number of hydrogen-bond donors (Lipinski definition) is 1. The summed E-state index contributed by atoms with van der Waals surface area (Å²) in [7, 11) is 0.365. The quantitative estimate of drug-likeness (QED) is 0.523. The molecule has 0 spiro atoms. The minimum atomic E-state index is -3.58. The fourth-order valence-electron chi connectivity index (χ4n) is 4.59. The fraction of sp³-hybridized carbons (Fsp3) is 0.538. The molecule has 2 aromatic rings. The van der Waals surface area contributed by atoms with Crippen molar-refractivity contribution in [2.24, 2.45) is 17.8 Å². The van der Waals surface area contributed by atoms with Crippen LogP contribution in [0.15, 0.2) is 48.5 Å². The van der Waals surface area contributed by atoms with Crippen molar-refractivity contribution in [3.8, 4) is 0 Å². The second kappa shape index (κ2) is 9.90. The van der Waals surface area contributed by atoms with Gasteiger partial charge < -0.3 is 14.5 Å². The van der Waals surface area contributed by atoms with Gasteiger partial charge in [0.25, 0.3) is 7.37 Å². The van der Waals surface area contributed by atoms with E-state index in [1.54, 1.807) is 0 Å². The van der Waals surface area contributed by atoms with Gasteiger partial charge in [-0.05, 0) is 67.3 Å². The van der Waals surface area contributed by atoms with Gasteiger partial charge in [0.05, 0.1) is 6.10 Å². The molecule has 5 atom stereocenters. The maximum absolute atomic E-state index is 14.5. The molecule has 170 valence electrons. The highest BCUT2D eigenvalue weighted by Gasteiger charge is 2.42. The molecule has 31 heavy (non-hydrogen) atoms. The topological polar surface area (TPSA) is 49.8 Å². The molecular formula is C26H38NO3P. The molecule has 1 N–H and O–H groups in total. The lowest BCUT2D eigenvalue weighted by Gasteiger charge is -2.40. The van der Waals surface area contributed by atoms with E-state index in [4.69, 9.17) is 4.52 Å². The number of rotatable bonds is 7. The summed E-state index contributed by atoms with van der Waals surface area (Å²) in [5, 5.41) is 12.0. The molecule has 5 heteroatoms. The molecule has 2 aromatic carbocycles. The molecule has 0 aliphatic heterocycles. The zero-order chi connectivity index (χ0) is 22.8. The van der Waals surface area contributed by atoms with Gasteiger partial charge in [0.15, 0.2) is 5.85 Å². The molecule has 1 fully saturated rings. The summed E-state index contributed by atoms with van der Waals surface area (Å²) in [6, 6.07) is 15.2. The Bertz CT molecular complexity index is 892. The van der Waals surface area contributed by atoms with Gasteiger partial charge in [0.1, 0.15) is 0 Å². The second-order valence-electron chi connectivity index (χ2n) is 9.76. The Labute approximate surface area is 188 Å². The van der Waals surface area contributed by atoms with Gasteiger partial charge in [-0.2, -0.15) is 0 Å². The minimum absolute atomic E-state index is 0.122. The van der Waals surface area contributed by atoms with E-state index < -0.39 is 13.2 Å². The Morgan fingerprint density at radius 2 is 1.65 bits per heavy atom. The monoisotopic (exact) mass is 443 g/mol. The lowest BCUT2D eigenvalue weighted by atomic mass is 9.75. The average Bonchev–Trinajstić information content (AvgIpc) is 2.73.